The monoisotopic (exact) mass is 360 g/mol. The molecule has 0 N–H and O–H groups in total. The van der Waals surface area contributed by atoms with Gasteiger partial charge in [0, 0.05) is 0 Å². The summed E-state index contributed by atoms with van der Waals surface area (Å²) in [5.41, 5.74) is 4.78. The molecule has 0 aliphatic carbocycles. The second kappa shape index (κ2) is 13.5. The molecule has 0 bridgehead atoms. The van der Waals surface area contributed by atoms with Gasteiger partial charge in [-0.25, -0.2) is 24.3 Å². The summed E-state index contributed by atoms with van der Waals surface area (Å²) in [6.45, 7) is 12.7. The maximum Gasteiger partial charge on any atom is 4.00 e. The summed E-state index contributed by atoms with van der Waals surface area (Å²) >= 11 is 0. The molecule has 0 fully saturated rings. The quantitative estimate of drug-likeness (QED) is 0.479. The van der Waals surface area contributed by atoms with Crippen molar-refractivity contribution in [1.82, 2.24) is 0 Å². The first-order valence-corrected chi connectivity index (χ1v) is 10.2. The van der Waals surface area contributed by atoms with Crippen LogP contribution in [0.4, 0.5) is 0 Å². The number of hydrogen-bond acceptors (Lipinski definition) is 0. The number of rotatable bonds is 2. The molecule has 0 aromatic heterocycles. The van der Waals surface area contributed by atoms with Crippen molar-refractivity contribution in [3.8, 4) is 0 Å². The van der Waals surface area contributed by atoms with E-state index < -0.39 is 8.07 Å². The summed E-state index contributed by atoms with van der Waals surface area (Å²) in [5.74, 6) is 0. The van der Waals surface area contributed by atoms with E-state index in [2.05, 4.69) is 39.2 Å². The van der Waals surface area contributed by atoms with Crippen LogP contribution in [0.15, 0.2) is 66.2 Å². The van der Waals surface area contributed by atoms with E-state index in [1.165, 1.54) is 5.57 Å². The molecule has 20 heavy (non-hydrogen) atoms. The molecule has 0 atom stereocenters. The van der Waals surface area contributed by atoms with Crippen molar-refractivity contribution in [3.63, 3.8) is 0 Å². The third-order valence-electron chi connectivity index (χ3n) is 2.07. The number of hydrogen-bond donors (Lipinski definition) is 0. The first kappa shape index (κ1) is 21.8. The van der Waals surface area contributed by atoms with Gasteiger partial charge in [-0.1, -0.05) is 26.6 Å². The molecule has 0 saturated carbocycles. The van der Waals surface area contributed by atoms with E-state index in [1.807, 2.05) is 60.7 Å². The molecule has 106 valence electrons. The van der Waals surface area contributed by atoms with Gasteiger partial charge in [-0.2, -0.15) is 42.8 Å². The average Bonchev–Trinajstić information content (AvgIpc) is 3.05. The minimum absolute atomic E-state index is 0. The van der Waals surface area contributed by atoms with Gasteiger partial charge in [0.25, 0.3) is 0 Å². The van der Waals surface area contributed by atoms with Crippen molar-refractivity contribution in [1.29, 1.82) is 0 Å². The van der Waals surface area contributed by atoms with Crippen molar-refractivity contribution < 1.29 is 26.2 Å². The van der Waals surface area contributed by atoms with Crippen LogP contribution in [0.2, 0.25) is 19.6 Å². The molecular formula is C18H26SiZr. The van der Waals surface area contributed by atoms with Gasteiger partial charge in [-0.3, -0.25) is 5.57 Å². The van der Waals surface area contributed by atoms with Crippen LogP contribution in [0.5, 0.6) is 0 Å². The zero-order chi connectivity index (χ0) is 14.6. The smallest absolute Gasteiger partial charge is 0.501 e. The van der Waals surface area contributed by atoms with Crippen LogP contribution in [0.3, 0.4) is 0 Å². The summed E-state index contributed by atoms with van der Waals surface area (Å²) in [5, 5.41) is 0. The van der Waals surface area contributed by atoms with Crippen molar-refractivity contribution >= 4 is 8.07 Å². The second-order valence-corrected chi connectivity index (χ2v) is 10.1. The van der Waals surface area contributed by atoms with Crippen LogP contribution in [-0.2, 0) is 26.2 Å². The van der Waals surface area contributed by atoms with Crippen LogP contribution in [0.1, 0.15) is 13.3 Å². The largest absolute Gasteiger partial charge is 4.00 e. The third-order valence-corrected chi connectivity index (χ3v) is 3.25. The molecule has 0 aliphatic heterocycles. The van der Waals surface area contributed by atoms with Gasteiger partial charge >= 0.3 is 26.2 Å². The molecule has 0 nitrogen and oxygen atoms in total. The summed E-state index contributed by atoms with van der Waals surface area (Å²) in [6.07, 6.45) is 0.907. The van der Waals surface area contributed by atoms with Crippen LogP contribution in [-0.4, -0.2) is 8.07 Å². The van der Waals surface area contributed by atoms with Gasteiger partial charge in [-0.15, -0.1) is 8.07 Å². The average molecular weight is 362 g/mol. The molecular weight excluding hydrogens is 336 g/mol. The predicted molar refractivity (Wildman–Crippen MR) is 89.8 cm³/mol. The van der Waals surface area contributed by atoms with Crippen molar-refractivity contribution in [2.45, 2.75) is 33.0 Å². The maximum atomic E-state index is 3.79. The van der Waals surface area contributed by atoms with Gasteiger partial charge in [0.05, 0.1) is 0 Å². The molecule has 0 amide bonds. The first-order valence-electron chi connectivity index (χ1n) is 6.69. The predicted octanol–water partition coefficient (Wildman–Crippen LogP) is 5.65. The topological polar surface area (TPSA) is 0 Å². The van der Waals surface area contributed by atoms with E-state index >= 15 is 0 Å². The summed E-state index contributed by atoms with van der Waals surface area (Å²) in [6, 6.07) is 20.0. The van der Waals surface area contributed by atoms with E-state index in [1.54, 1.807) is 0 Å². The van der Waals surface area contributed by atoms with Crippen molar-refractivity contribution in [3.05, 3.63) is 78.9 Å². The Balaban J connectivity index is 0. The Morgan fingerprint density at radius 3 is 1.40 bits per heavy atom. The second-order valence-electron chi connectivity index (χ2n) is 5.33. The standard InChI is InChI=1S/C8H16Si.2C5H5.Zr/c1-6-8(2)7-9(3,4)5;2*1-2-4-5-3-1;/h1,6H2,2-5H3;2*1-5H;/q-2;2*-1;+4. The number of allylic oxidation sites excluding steroid dienone is 1. The Kier molecular flexibility index (Phi) is 14.8. The third kappa shape index (κ3) is 17.5. The Labute approximate surface area is 145 Å². The van der Waals surface area contributed by atoms with Gasteiger partial charge < -0.3 is 12.6 Å². The molecule has 0 spiro atoms. The Morgan fingerprint density at radius 1 is 0.950 bits per heavy atom. The Hall–Kier alpha value is -0.460. The van der Waals surface area contributed by atoms with Gasteiger partial charge in [0.2, 0.25) is 0 Å². The van der Waals surface area contributed by atoms with E-state index in [-0.39, 0.29) is 26.2 Å². The van der Waals surface area contributed by atoms with E-state index in [9.17, 15) is 0 Å². The first-order chi connectivity index (χ1) is 8.95. The van der Waals surface area contributed by atoms with Gasteiger partial charge in [0.15, 0.2) is 0 Å². The molecule has 0 saturated heterocycles. The molecule has 0 radical (unpaired) electrons. The minimum atomic E-state index is -1.07. The molecule has 2 heteroatoms. The van der Waals surface area contributed by atoms with Gasteiger partial charge in [0.1, 0.15) is 0 Å². The molecule has 0 aliphatic rings. The van der Waals surface area contributed by atoms with Crippen molar-refractivity contribution in [2.24, 2.45) is 0 Å². The van der Waals surface area contributed by atoms with E-state index in [4.69, 9.17) is 0 Å². The maximum absolute atomic E-state index is 3.79. The molecule has 2 aromatic carbocycles. The summed E-state index contributed by atoms with van der Waals surface area (Å²) in [7, 11) is -1.07. The Bertz CT molecular complexity index is 330. The Morgan fingerprint density at radius 2 is 1.30 bits per heavy atom. The van der Waals surface area contributed by atoms with Crippen LogP contribution >= 0.6 is 0 Å². The zero-order valence-electron chi connectivity index (χ0n) is 13.2. The normalized spacial score (nSPS) is 10.3. The molecule has 2 aromatic rings. The zero-order valence-corrected chi connectivity index (χ0v) is 16.6. The van der Waals surface area contributed by atoms with Crippen LogP contribution < -0.4 is 0 Å². The molecule has 0 heterocycles. The fourth-order valence-electron chi connectivity index (χ4n) is 1.34. The van der Waals surface area contributed by atoms with Crippen LogP contribution in [0, 0.1) is 12.6 Å². The van der Waals surface area contributed by atoms with E-state index in [0.29, 0.717) is 0 Å². The summed E-state index contributed by atoms with van der Waals surface area (Å²) < 4.78 is 0. The van der Waals surface area contributed by atoms with Crippen LogP contribution in [0.25, 0.3) is 0 Å². The SMILES string of the molecule is [CH2-]CC(C)=[C-][Si](C)(C)C.[Zr+4].c1cc[cH-]c1.c1cc[cH-]c1. The molecule has 2 rings (SSSR count). The molecule has 0 unspecified atom stereocenters. The summed E-state index contributed by atoms with van der Waals surface area (Å²) in [4.78, 5) is 0. The van der Waals surface area contributed by atoms with Crippen molar-refractivity contribution in [2.75, 3.05) is 0 Å². The fraction of sp³-hybridized carbons (Fsp3) is 0.278. The van der Waals surface area contributed by atoms with Gasteiger partial charge in [-0.05, 0) is 0 Å². The fourth-order valence-corrected chi connectivity index (χ4v) is 2.75. The minimum Gasteiger partial charge on any atom is -0.501 e. The van der Waals surface area contributed by atoms with E-state index in [0.717, 1.165) is 6.42 Å².